The summed E-state index contributed by atoms with van der Waals surface area (Å²) in [6.07, 6.45) is -4.75. The van der Waals surface area contributed by atoms with E-state index in [1.54, 1.807) is 0 Å². The molecule has 0 unspecified atom stereocenters. The van der Waals surface area contributed by atoms with Crippen molar-refractivity contribution >= 4 is 0 Å². The van der Waals surface area contributed by atoms with Gasteiger partial charge in [-0.05, 0) is 5.76 Å². The van der Waals surface area contributed by atoms with E-state index in [1.165, 1.54) is 0 Å². The van der Waals surface area contributed by atoms with E-state index in [9.17, 15) is 18.3 Å². The second-order valence-corrected chi connectivity index (χ2v) is 0.921. The molecule has 0 saturated heterocycles. The Balaban J connectivity index is 0. The molecular weight excluding hydrogens is 116 g/mol. The molecule has 0 heterocycles. The van der Waals surface area contributed by atoms with Gasteiger partial charge in [0.1, 0.15) is 0 Å². The maximum Gasteiger partial charge on any atom is 1.00 e. The Kier molecular flexibility index (Phi) is 4.13. The smallest absolute Gasteiger partial charge is 0.870 e. The normalized spacial score (nSPS) is 9.88. The summed E-state index contributed by atoms with van der Waals surface area (Å²) in [6.45, 7) is 2.15. The van der Waals surface area contributed by atoms with E-state index >= 15 is 0 Å². The number of rotatable bonds is 0. The Hall–Kier alpha value is -0.0726. The van der Waals surface area contributed by atoms with Crippen LogP contribution in [0.1, 0.15) is 0 Å². The summed E-state index contributed by atoms with van der Waals surface area (Å²) >= 11 is 0. The summed E-state index contributed by atoms with van der Waals surface area (Å²) in [5.74, 6) is -2.01. The second kappa shape index (κ2) is 3.05. The first-order valence-corrected chi connectivity index (χ1v) is 1.37. The maximum atomic E-state index is 10.8. The largest absolute Gasteiger partial charge is 1.00 e. The zero-order chi connectivity index (χ0) is 6.08. The van der Waals surface area contributed by atoms with Gasteiger partial charge < -0.3 is 5.11 Å². The van der Waals surface area contributed by atoms with Gasteiger partial charge in [-0.15, -0.1) is 6.58 Å². The first-order chi connectivity index (χ1) is 2.94. The molecule has 0 fully saturated rings. The molecule has 0 aromatic rings. The SMILES string of the molecule is C=C([O-])C(F)(F)F.[Li+]. The van der Waals surface area contributed by atoms with Crippen molar-refractivity contribution in [1.29, 1.82) is 0 Å². The van der Waals surface area contributed by atoms with Crippen LogP contribution in [0.5, 0.6) is 0 Å². The third kappa shape index (κ3) is 4.10. The minimum atomic E-state index is -4.75. The van der Waals surface area contributed by atoms with Gasteiger partial charge in [0.25, 0.3) is 0 Å². The van der Waals surface area contributed by atoms with E-state index in [1.807, 2.05) is 0 Å². The average Bonchev–Trinajstić information content (AvgIpc) is 1.31. The van der Waals surface area contributed by atoms with Crippen LogP contribution in [0.4, 0.5) is 13.2 Å². The van der Waals surface area contributed by atoms with Crippen LogP contribution in [0.25, 0.3) is 0 Å². The number of allylic oxidation sites excluding steroid dienone is 1. The molecule has 0 saturated carbocycles. The van der Waals surface area contributed by atoms with E-state index in [2.05, 4.69) is 6.58 Å². The second-order valence-electron chi connectivity index (χ2n) is 0.921. The molecule has 5 heteroatoms. The van der Waals surface area contributed by atoms with E-state index in [-0.39, 0.29) is 18.9 Å². The zero-order valence-electron chi connectivity index (χ0n) is 4.25. The fourth-order valence-electron chi connectivity index (χ4n) is 0. The minimum absolute atomic E-state index is 0. The van der Waals surface area contributed by atoms with Crippen molar-refractivity contribution in [2.24, 2.45) is 0 Å². The number of hydrogen-bond acceptors (Lipinski definition) is 1. The van der Waals surface area contributed by atoms with Crippen molar-refractivity contribution in [2.75, 3.05) is 0 Å². The predicted octanol–water partition coefficient (Wildman–Crippen LogP) is -2.57. The van der Waals surface area contributed by atoms with E-state index in [4.69, 9.17) is 0 Å². The third-order valence-electron chi connectivity index (χ3n) is 0.316. The molecule has 0 rings (SSSR count). The Morgan fingerprint density at radius 1 is 1.38 bits per heavy atom. The molecule has 0 spiro atoms. The van der Waals surface area contributed by atoms with Crippen LogP contribution in [-0.4, -0.2) is 6.18 Å². The molecule has 0 bridgehead atoms. The average molecular weight is 118 g/mol. The van der Waals surface area contributed by atoms with Crippen LogP contribution < -0.4 is 24.0 Å². The summed E-state index contributed by atoms with van der Waals surface area (Å²) in [4.78, 5) is 0. The van der Waals surface area contributed by atoms with Gasteiger partial charge in [0.15, 0.2) is 0 Å². The van der Waals surface area contributed by atoms with Crippen LogP contribution in [0.15, 0.2) is 12.3 Å². The molecule has 1 nitrogen and oxygen atoms in total. The summed E-state index contributed by atoms with van der Waals surface area (Å²) in [6, 6.07) is 0. The van der Waals surface area contributed by atoms with Gasteiger partial charge in [0.2, 0.25) is 0 Å². The van der Waals surface area contributed by atoms with Crippen molar-refractivity contribution in [3.63, 3.8) is 0 Å². The maximum absolute atomic E-state index is 10.8. The molecule has 8 heavy (non-hydrogen) atoms. The first kappa shape index (κ1) is 10.8. The van der Waals surface area contributed by atoms with E-state index < -0.39 is 11.9 Å². The van der Waals surface area contributed by atoms with Gasteiger partial charge >= 0.3 is 25.0 Å². The molecule has 0 atom stereocenters. The van der Waals surface area contributed by atoms with Gasteiger partial charge in [0.05, 0.1) is 0 Å². The van der Waals surface area contributed by atoms with Crippen LogP contribution in [0.3, 0.4) is 0 Å². The Labute approximate surface area is 56.4 Å². The number of hydrogen-bond donors (Lipinski definition) is 0. The summed E-state index contributed by atoms with van der Waals surface area (Å²) in [5.41, 5.74) is 0. The Morgan fingerprint density at radius 3 is 1.50 bits per heavy atom. The molecular formula is C3H2F3LiO. The van der Waals surface area contributed by atoms with Crippen LogP contribution >= 0.6 is 0 Å². The van der Waals surface area contributed by atoms with Crippen molar-refractivity contribution in [3.05, 3.63) is 12.3 Å². The summed E-state index contributed by atoms with van der Waals surface area (Å²) in [5, 5.41) is 9.23. The first-order valence-electron chi connectivity index (χ1n) is 1.37. The van der Waals surface area contributed by atoms with Gasteiger partial charge in [-0.2, -0.15) is 13.2 Å². The number of alkyl halides is 3. The molecule has 0 aliphatic carbocycles. The van der Waals surface area contributed by atoms with E-state index in [0.29, 0.717) is 0 Å². The third-order valence-corrected chi connectivity index (χ3v) is 0.316. The zero-order valence-corrected chi connectivity index (χ0v) is 4.25. The van der Waals surface area contributed by atoms with Crippen LogP contribution in [0.2, 0.25) is 0 Å². The Bertz CT molecular complexity index is 87.0. The summed E-state index contributed by atoms with van der Waals surface area (Å²) < 4.78 is 32.3. The quantitative estimate of drug-likeness (QED) is 0.253. The van der Waals surface area contributed by atoms with Gasteiger partial charge in [-0.25, -0.2) is 0 Å². The van der Waals surface area contributed by atoms with Crippen molar-refractivity contribution < 1.29 is 37.1 Å². The molecule has 0 aromatic heterocycles. The molecule has 0 aliphatic heterocycles. The Morgan fingerprint density at radius 2 is 1.50 bits per heavy atom. The summed E-state index contributed by atoms with van der Waals surface area (Å²) in [7, 11) is 0. The fraction of sp³-hybridized carbons (Fsp3) is 0.333. The molecule has 0 aliphatic rings. The monoisotopic (exact) mass is 118 g/mol. The predicted molar refractivity (Wildman–Crippen MR) is 15.2 cm³/mol. The minimum Gasteiger partial charge on any atom is -0.870 e. The van der Waals surface area contributed by atoms with Crippen LogP contribution in [0, 0.1) is 0 Å². The van der Waals surface area contributed by atoms with Crippen LogP contribution in [-0.2, 0) is 0 Å². The fourth-order valence-corrected chi connectivity index (χ4v) is 0. The van der Waals surface area contributed by atoms with Crippen molar-refractivity contribution in [2.45, 2.75) is 6.18 Å². The molecule has 0 N–H and O–H groups in total. The molecule has 0 amide bonds. The van der Waals surface area contributed by atoms with Gasteiger partial charge in [-0.3, -0.25) is 0 Å². The van der Waals surface area contributed by atoms with Crippen molar-refractivity contribution in [1.82, 2.24) is 0 Å². The number of halogens is 3. The topological polar surface area (TPSA) is 23.1 Å². The molecule has 0 radical (unpaired) electrons. The van der Waals surface area contributed by atoms with Gasteiger partial charge in [0, 0.05) is 0 Å². The van der Waals surface area contributed by atoms with E-state index in [0.717, 1.165) is 0 Å². The molecule has 42 valence electrons. The molecule has 0 aromatic carbocycles. The standard InChI is InChI=1S/C3H3F3O.Li/c1-2(7)3(4,5)6;/h7H,1H2;/q;+1/p-1. The van der Waals surface area contributed by atoms with Gasteiger partial charge in [-0.1, -0.05) is 0 Å². The van der Waals surface area contributed by atoms with Crippen molar-refractivity contribution in [3.8, 4) is 0 Å².